The summed E-state index contributed by atoms with van der Waals surface area (Å²) in [6.45, 7) is 3.29. The summed E-state index contributed by atoms with van der Waals surface area (Å²) in [6, 6.07) is 0. The van der Waals surface area contributed by atoms with Gasteiger partial charge in [-0.15, -0.1) is 0 Å². The average Bonchev–Trinajstić information content (AvgIpc) is 2.50. The van der Waals surface area contributed by atoms with Crippen LogP contribution in [0.5, 0.6) is 0 Å². The zero-order valence-corrected chi connectivity index (χ0v) is 9.74. The van der Waals surface area contributed by atoms with E-state index in [-0.39, 0.29) is 5.76 Å². The molecule has 0 aliphatic heterocycles. The maximum atomic E-state index is 11.9. The number of oxazole rings is 1. The zero-order valence-electron chi connectivity index (χ0n) is 9.74. The van der Waals surface area contributed by atoms with Crippen molar-refractivity contribution in [2.45, 2.75) is 38.6 Å². The molecular formula is C11H14N2O4. The minimum absolute atomic E-state index is 0.0926. The SMILES string of the molecule is Cc1nc(C)c(C(=O)NC2(C(=O)O)CCC2)o1. The summed E-state index contributed by atoms with van der Waals surface area (Å²) in [5.41, 5.74) is -0.649. The summed E-state index contributed by atoms with van der Waals surface area (Å²) in [5.74, 6) is -1.02. The molecule has 1 aromatic heterocycles. The Balaban J connectivity index is 2.17. The van der Waals surface area contributed by atoms with Gasteiger partial charge in [-0.25, -0.2) is 9.78 Å². The van der Waals surface area contributed by atoms with Crippen LogP contribution in [-0.4, -0.2) is 27.5 Å². The lowest BCUT2D eigenvalue weighted by atomic mass is 9.76. The summed E-state index contributed by atoms with van der Waals surface area (Å²) in [7, 11) is 0. The molecule has 2 N–H and O–H groups in total. The maximum Gasteiger partial charge on any atom is 0.329 e. The van der Waals surface area contributed by atoms with Crippen molar-refractivity contribution < 1.29 is 19.1 Å². The Bertz CT molecular complexity index is 474. The van der Waals surface area contributed by atoms with Gasteiger partial charge in [0.25, 0.3) is 5.91 Å². The lowest BCUT2D eigenvalue weighted by molar-refractivity contribution is -0.148. The summed E-state index contributed by atoms with van der Waals surface area (Å²) in [5, 5.41) is 11.6. The predicted octanol–water partition coefficient (Wildman–Crippen LogP) is 1.03. The molecule has 0 bridgehead atoms. The fraction of sp³-hybridized carbons (Fsp3) is 0.545. The van der Waals surface area contributed by atoms with Gasteiger partial charge in [0.1, 0.15) is 5.54 Å². The van der Waals surface area contributed by atoms with Crippen LogP contribution in [0.15, 0.2) is 4.42 Å². The second-order valence-electron chi connectivity index (χ2n) is 4.34. The van der Waals surface area contributed by atoms with Crippen LogP contribution >= 0.6 is 0 Å². The first-order valence-corrected chi connectivity index (χ1v) is 5.44. The minimum Gasteiger partial charge on any atom is -0.480 e. The number of rotatable bonds is 3. The molecule has 1 fully saturated rings. The van der Waals surface area contributed by atoms with E-state index in [1.54, 1.807) is 13.8 Å². The molecule has 6 nitrogen and oxygen atoms in total. The summed E-state index contributed by atoms with van der Waals surface area (Å²) in [6.07, 6.45) is 1.72. The zero-order chi connectivity index (χ0) is 12.6. The van der Waals surface area contributed by atoms with Gasteiger partial charge in [0.05, 0.1) is 5.69 Å². The van der Waals surface area contributed by atoms with Crippen molar-refractivity contribution in [1.29, 1.82) is 0 Å². The van der Waals surface area contributed by atoms with Crippen molar-refractivity contribution in [3.05, 3.63) is 17.3 Å². The fourth-order valence-electron chi connectivity index (χ4n) is 1.94. The second kappa shape index (κ2) is 3.87. The highest BCUT2D eigenvalue weighted by atomic mass is 16.4. The summed E-state index contributed by atoms with van der Waals surface area (Å²) < 4.78 is 5.15. The molecule has 1 aliphatic rings. The van der Waals surface area contributed by atoms with Crippen LogP contribution in [0.3, 0.4) is 0 Å². The third-order valence-electron chi connectivity index (χ3n) is 3.08. The van der Waals surface area contributed by atoms with Crippen LogP contribution in [-0.2, 0) is 4.79 Å². The monoisotopic (exact) mass is 238 g/mol. The first-order chi connectivity index (χ1) is 7.94. The Kier molecular flexibility index (Phi) is 2.65. The number of carbonyl (C=O) groups excluding carboxylic acids is 1. The molecule has 1 aliphatic carbocycles. The number of hydrogen-bond donors (Lipinski definition) is 2. The van der Waals surface area contributed by atoms with Crippen LogP contribution in [0.1, 0.15) is 41.4 Å². The van der Waals surface area contributed by atoms with Gasteiger partial charge >= 0.3 is 5.97 Å². The van der Waals surface area contributed by atoms with Crippen LogP contribution in [0.2, 0.25) is 0 Å². The number of carbonyl (C=O) groups is 2. The van der Waals surface area contributed by atoms with E-state index >= 15 is 0 Å². The number of nitrogens with one attached hydrogen (secondary N) is 1. The standard InChI is InChI=1S/C11H14N2O4/c1-6-8(17-7(2)12-6)9(14)13-11(10(15)16)4-3-5-11/h3-5H2,1-2H3,(H,13,14)(H,15,16). The van der Waals surface area contributed by atoms with Gasteiger partial charge in [0.15, 0.2) is 5.89 Å². The van der Waals surface area contributed by atoms with Gasteiger partial charge in [0, 0.05) is 6.92 Å². The van der Waals surface area contributed by atoms with Crippen molar-refractivity contribution in [2.75, 3.05) is 0 Å². The number of aryl methyl sites for hydroxylation is 2. The van der Waals surface area contributed by atoms with Gasteiger partial charge < -0.3 is 14.8 Å². The van der Waals surface area contributed by atoms with Crippen molar-refractivity contribution in [2.24, 2.45) is 0 Å². The molecule has 1 amide bonds. The molecular weight excluding hydrogens is 224 g/mol. The van der Waals surface area contributed by atoms with E-state index in [9.17, 15) is 9.59 Å². The highest BCUT2D eigenvalue weighted by Crippen LogP contribution is 2.32. The van der Waals surface area contributed by atoms with Crippen LogP contribution in [0, 0.1) is 13.8 Å². The van der Waals surface area contributed by atoms with Gasteiger partial charge in [0.2, 0.25) is 5.76 Å². The second-order valence-corrected chi connectivity index (χ2v) is 4.34. The van der Waals surface area contributed by atoms with E-state index < -0.39 is 17.4 Å². The van der Waals surface area contributed by atoms with E-state index in [2.05, 4.69) is 10.3 Å². The van der Waals surface area contributed by atoms with E-state index in [1.807, 2.05) is 0 Å². The number of carboxylic acid groups (broad SMARTS) is 1. The molecule has 2 rings (SSSR count). The van der Waals surface area contributed by atoms with Gasteiger partial charge in [-0.05, 0) is 26.2 Å². The fourth-order valence-corrected chi connectivity index (χ4v) is 1.94. The van der Waals surface area contributed by atoms with Crippen LogP contribution in [0.4, 0.5) is 0 Å². The van der Waals surface area contributed by atoms with Crippen molar-refractivity contribution in [1.82, 2.24) is 10.3 Å². The van der Waals surface area contributed by atoms with Crippen LogP contribution in [0.25, 0.3) is 0 Å². The molecule has 0 spiro atoms. The molecule has 17 heavy (non-hydrogen) atoms. The molecule has 1 saturated carbocycles. The molecule has 0 unspecified atom stereocenters. The lowest BCUT2D eigenvalue weighted by Crippen LogP contribution is -2.59. The Morgan fingerprint density at radius 2 is 2.06 bits per heavy atom. The third kappa shape index (κ3) is 1.90. The number of aliphatic carboxylic acids is 1. The highest BCUT2D eigenvalue weighted by Gasteiger charge is 2.46. The molecule has 0 saturated heterocycles. The molecule has 1 heterocycles. The number of carboxylic acids is 1. The Labute approximate surface area is 98.0 Å². The Morgan fingerprint density at radius 3 is 2.41 bits per heavy atom. The molecule has 6 heteroatoms. The predicted molar refractivity (Wildman–Crippen MR) is 57.7 cm³/mol. The van der Waals surface area contributed by atoms with Gasteiger partial charge in [-0.1, -0.05) is 0 Å². The Morgan fingerprint density at radius 1 is 1.41 bits per heavy atom. The first-order valence-electron chi connectivity index (χ1n) is 5.44. The van der Waals surface area contributed by atoms with E-state index in [0.29, 0.717) is 24.4 Å². The normalized spacial score (nSPS) is 17.3. The maximum absolute atomic E-state index is 11.9. The highest BCUT2D eigenvalue weighted by molar-refractivity contribution is 5.96. The van der Waals surface area contributed by atoms with Crippen molar-refractivity contribution >= 4 is 11.9 Å². The van der Waals surface area contributed by atoms with Crippen LogP contribution < -0.4 is 5.32 Å². The smallest absolute Gasteiger partial charge is 0.329 e. The topological polar surface area (TPSA) is 92.4 Å². The average molecular weight is 238 g/mol. The summed E-state index contributed by atoms with van der Waals surface area (Å²) in [4.78, 5) is 27.0. The quantitative estimate of drug-likeness (QED) is 0.820. The molecule has 0 radical (unpaired) electrons. The lowest BCUT2D eigenvalue weighted by Gasteiger charge is -2.37. The largest absolute Gasteiger partial charge is 0.480 e. The number of aromatic nitrogens is 1. The minimum atomic E-state index is -1.12. The molecule has 0 atom stereocenters. The van der Waals surface area contributed by atoms with Crippen molar-refractivity contribution in [3.63, 3.8) is 0 Å². The van der Waals surface area contributed by atoms with Crippen molar-refractivity contribution in [3.8, 4) is 0 Å². The van der Waals surface area contributed by atoms with Gasteiger partial charge in [-0.2, -0.15) is 0 Å². The van der Waals surface area contributed by atoms with E-state index in [4.69, 9.17) is 9.52 Å². The van der Waals surface area contributed by atoms with E-state index in [1.165, 1.54) is 0 Å². The number of nitrogens with zero attached hydrogens (tertiary/aromatic N) is 1. The number of amides is 1. The summed E-state index contributed by atoms with van der Waals surface area (Å²) >= 11 is 0. The van der Waals surface area contributed by atoms with Gasteiger partial charge in [-0.3, -0.25) is 4.79 Å². The molecule has 0 aromatic carbocycles. The third-order valence-corrected chi connectivity index (χ3v) is 3.08. The Hall–Kier alpha value is -1.85. The first kappa shape index (κ1) is 11.6. The molecule has 92 valence electrons. The van der Waals surface area contributed by atoms with E-state index in [0.717, 1.165) is 6.42 Å². The number of hydrogen-bond acceptors (Lipinski definition) is 4. The molecule has 1 aromatic rings.